The van der Waals surface area contributed by atoms with Crippen molar-refractivity contribution in [3.8, 4) is 11.5 Å². The zero-order chi connectivity index (χ0) is 16.0. The van der Waals surface area contributed by atoms with E-state index in [1.807, 2.05) is 37.3 Å². The van der Waals surface area contributed by atoms with Crippen molar-refractivity contribution in [1.29, 1.82) is 0 Å². The van der Waals surface area contributed by atoms with Crippen molar-refractivity contribution in [1.82, 2.24) is 5.01 Å². The lowest BCUT2D eigenvalue weighted by Gasteiger charge is -2.17. The monoisotopic (exact) mass is 312 g/mol. The summed E-state index contributed by atoms with van der Waals surface area (Å²) in [6.07, 6.45) is 0.603. The van der Waals surface area contributed by atoms with Crippen molar-refractivity contribution < 1.29 is 18.7 Å². The minimum atomic E-state index is -0.207. The van der Waals surface area contributed by atoms with E-state index >= 15 is 0 Å². The van der Waals surface area contributed by atoms with Gasteiger partial charge in [0.1, 0.15) is 17.6 Å². The number of ether oxygens (including phenoxy) is 2. The standard InChI is InChI=1S/C17H16N2O4/c1-10-3-5-15(23-10)14-8-13(18-19(14)11(2)20)12-4-6-16-17(7-12)22-9-21-16/h3-7,14H,8-9H2,1-2H3/t14-/m0/s1. The van der Waals surface area contributed by atoms with E-state index < -0.39 is 0 Å². The summed E-state index contributed by atoms with van der Waals surface area (Å²) in [4.78, 5) is 11.9. The molecule has 0 spiro atoms. The molecule has 4 rings (SSSR count). The fourth-order valence-electron chi connectivity index (χ4n) is 2.91. The van der Waals surface area contributed by atoms with Crippen molar-refractivity contribution in [3.63, 3.8) is 0 Å². The van der Waals surface area contributed by atoms with Gasteiger partial charge in [-0.1, -0.05) is 0 Å². The van der Waals surface area contributed by atoms with Crippen LogP contribution in [0, 0.1) is 6.92 Å². The van der Waals surface area contributed by atoms with Crippen LogP contribution in [-0.4, -0.2) is 23.4 Å². The van der Waals surface area contributed by atoms with Crippen molar-refractivity contribution in [2.75, 3.05) is 6.79 Å². The van der Waals surface area contributed by atoms with Crippen LogP contribution in [0.1, 0.15) is 36.5 Å². The molecule has 0 aliphatic carbocycles. The second-order valence-corrected chi connectivity index (χ2v) is 5.65. The van der Waals surface area contributed by atoms with E-state index in [1.165, 1.54) is 11.9 Å². The Balaban J connectivity index is 1.67. The van der Waals surface area contributed by atoms with Crippen molar-refractivity contribution in [2.24, 2.45) is 5.10 Å². The van der Waals surface area contributed by atoms with Crippen LogP contribution in [0.3, 0.4) is 0 Å². The van der Waals surface area contributed by atoms with Gasteiger partial charge in [0.25, 0.3) is 0 Å². The van der Waals surface area contributed by atoms with Crippen LogP contribution in [0.5, 0.6) is 11.5 Å². The number of nitrogens with zero attached hydrogens (tertiary/aromatic N) is 2. The average molecular weight is 312 g/mol. The summed E-state index contributed by atoms with van der Waals surface area (Å²) in [6.45, 7) is 3.63. The van der Waals surface area contributed by atoms with Gasteiger partial charge >= 0.3 is 0 Å². The van der Waals surface area contributed by atoms with Gasteiger partial charge in [-0.3, -0.25) is 4.79 Å². The van der Waals surface area contributed by atoms with Gasteiger partial charge < -0.3 is 13.9 Å². The predicted octanol–water partition coefficient (Wildman–Crippen LogP) is 3.01. The number of benzene rings is 1. The van der Waals surface area contributed by atoms with Crippen LogP contribution in [0.25, 0.3) is 0 Å². The highest BCUT2D eigenvalue weighted by Gasteiger charge is 2.33. The Kier molecular flexibility index (Phi) is 3.11. The van der Waals surface area contributed by atoms with Crippen molar-refractivity contribution in [2.45, 2.75) is 26.3 Å². The number of rotatable bonds is 2. The van der Waals surface area contributed by atoms with Gasteiger partial charge in [-0.25, -0.2) is 5.01 Å². The molecular weight excluding hydrogens is 296 g/mol. The second kappa shape index (κ2) is 5.15. The summed E-state index contributed by atoms with van der Waals surface area (Å²) in [7, 11) is 0. The maximum atomic E-state index is 11.9. The molecule has 0 saturated carbocycles. The molecule has 1 amide bonds. The molecule has 0 bridgehead atoms. The zero-order valence-electron chi connectivity index (χ0n) is 12.9. The first-order valence-electron chi connectivity index (χ1n) is 7.45. The molecule has 0 fully saturated rings. The van der Waals surface area contributed by atoms with Gasteiger partial charge in [0.15, 0.2) is 11.5 Å². The first-order chi connectivity index (χ1) is 11.1. The third kappa shape index (κ3) is 2.36. The molecule has 1 aromatic carbocycles. The topological polar surface area (TPSA) is 64.3 Å². The number of carbonyl (C=O) groups excluding carboxylic acids is 1. The third-order valence-electron chi connectivity index (χ3n) is 4.03. The molecule has 2 aliphatic heterocycles. The first-order valence-corrected chi connectivity index (χ1v) is 7.45. The molecular formula is C17H16N2O4. The Morgan fingerprint density at radius 3 is 2.78 bits per heavy atom. The van der Waals surface area contributed by atoms with E-state index in [9.17, 15) is 4.79 Å². The van der Waals surface area contributed by atoms with E-state index in [1.54, 1.807) is 0 Å². The predicted molar refractivity (Wildman–Crippen MR) is 82.4 cm³/mol. The normalized spacial score (nSPS) is 19.1. The number of furan rings is 1. The smallest absolute Gasteiger partial charge is 0.240 e. The average Bonchev–Trinajstić information content (AvgIpc) is 3.24. The number of carbonyl (C=O) groups is 1. The van der Waals surface area contributed by atoms with Gasteiger partial charge in [-0.15, -0.1) is 0 Å². The molecule has 6 nitrogen and oxygen atoms in total. The molecule has 118 valence electrons. The third-order valence-corrected chi connectivity index (χ3v) is 4.03. The molecule has 6 heteroatoms. The number of hydrazone groups is 1. The first kappa shape index (κ1) is 13.9. The number of hydrogen-bond donors (Lipinski definition) is 0. The summed E-state index contributed by atoms with van der Waals surface area (Å²) >= 11 is 0. The fourth-order valence-corrected chi connectivity index (χ4v) is 2.91. The number of amides is 1. The fraction of sp³-hybridized carbons (Fsp3) is 0.294. The number of hydrogen-bond acceptors (Lipinski definition) is 5. The van der Waals surface area contributed by atoms with Crippen LogP contribution in [-0.2, 0) is 4.79 Å². The maximum absolute atomic E-state index is 11.9. The molecule has 1 atom stereocenters. The summed E-state index contributed by atoms with van der Waals surface area (Å²) in [5, 5.41) is 5.98. The molecule has 3 heterocycles. The summed E-state index contributed by atoms with van der Waals surface area (Å²) in [5.41, 5.74) is 1.75. The molecule has 0 radical (unpaired) electrons. The van der Waals surface area contributed by atoms with Gasteiger partial charge in [0.05, 0.1) is 5.71 Å². The molecule has 2 aromatic rings. The number of fused-ring (bicyclic) bond motifs is 1. The Hall–Kier alpha value is -2.76. The lowest BCUT2D eigenvalue weighted by Crippen LogP contribution is -2.23. The van der Waals surface area contributed by atoms with E-state index in [0.717, 1.165) is 28.5 Å². The largest absolute Gasteiger partial charge is 0.464 e. The van der Waals surface area contributed by atoms with Gasteiger partial charge in [-0.05, 0) is 37.3 Å². The van der Waals surface area contributed by atoms with Gasteiger partial charge in [0.2, 0.25) is 12.7 Å². The summed E-state index contributed by atoms with van der Waals surface area (Å²) in [6, 6.07) is 9.28. The molecule has 23 heavy (non-hydrogen) atoms. The van der Waals surface area contributed by atoms with E-state index in [2.05, 4.69) is 5.10 Å². The Morgan fingerprint density at radius 1 is 1.22 bits per heavy atom. The molecule has 0 unspecified atom stereocenters. The minimum absolute atomic E-state index is 0.111. The molecule has 2 aliphatic rings. The van der Waals surface area contributed by atoms with E-state index in [4.69, 9.17) is 13.9 Å². The molecule has 1 aromatic heterocycles. The lowest BCUT2D eigenvalue weighted by atomic mass is 10.0. The quantitative estimate of drug-likeness (QED) is 0.855. The highest BCUT2D eigenvalue weighted by Crippen LogP contribution is 2.37. The minimum Gasteiger partial charge on any atom is -0.464 e. The van der Waals surface area contributed by atoms with Crippen LogP contribution >= 0.6 is 0 Å². The Labute approximate surface area is 133 Å². The zero-order valence-corrected chi connectivity index (χ0v) is 12.9. The Bertz CT molecular complexity index is 809. The summed E-state index contributed by atoms with van der Waals surface area (Å²) in [5.74, 6) is 2.89. The highest BCUT2D eigenvalue weighted by molar-refractivity contribution is 6.03. The second-order valence-electron chi connectivity index (χ2n) is 5.65. The van der Waals surface area contributed by atoms with E-state index in [-0.39, 0.29) is 18.7 Å². The van der Waals surface area contributed by atoms with Crippen molar-refractivity contribution in [3.05, 3.63) is 47.4 Å². The lowest BCUT2D eigenvalue weighted by molar-refractivity contribution is -0.130. The van der Waals surface area contributed by atoms with Crippen LogP contribution in [0.2, 0.25) is 0 Å². The maximum Gasteiger partial charge on any atom is 0.240 e. The van der Waals surface area contributed by atoms with Crippen molar-refractivity contribution >= 4 is 11.6 Å². The molecule has 0 N–H and O–H groups in total. The van der Waals surface area contributed by atoms with E-state index in [0.29, 0.717) is 12.2 Å². The highest BCUT2D eigenvalue weighted by atomic mass is 16.7. The summed E-state index contributed by atoms with van der Waals surface area (Å²) < 4.78 is 16.4. The van der Waals surface area contributed by atoms with Crippen LogP contribution in [0.4, 0.5) is 0 Å². The van der Waals surface area contributed by atoms with Gasteiger partial charge in [-0.2, -0.15) is 5.10 Å². The van der Waals surface area contributed by atoms with Gasteiger partial charge in [0, 0.05) is 18.9 Å². The van der Waals surface area contributed by atoms with Crippen LogP contribution < -0.4 is 9.47 Å². The SMILES string of the molecule is CC(=O)N1N=C(c2ccc3c(c2)OCO3)C[C@H]1c1ccc(C)o1. The number of aryl methyl sites for hydroxylation is 1. The Morgan fingerprint density at radius 2 is 2.04 bits per heavy atom. The molecule has 0 saturated heterocycles. The van der Waals surface area contributed by atoms with Crippen LogP contribution in [0.15, 0.2) is 39.9 Å².